The van der Waals surface area contributed by atoms with Crippen molar-refractivity contribution in [2.45, 2.75) is 0 Å². The first kappa shape index (κ1) is 8.16. The SMILES string of the molecule is [C+]1=[C-]N=CC=C1.[Zn+][Br]. The van der Waals surface area contributed by atoms with Crippen LogP contribution in [0.1, 0.15) is 0 Å². The maximum absolute atomic E-state index is 3.60. The molecule has 0 aromatic carbocycles. The van der Waals surface area contributed by atoms with Gasteiger partial charge in [-0.05, 0) is 12.2 Å². The fraction of sp³-hybridized carbons (Fsp3) is 0. The van der Waals surface area contributed by atoms with Crippen LogP contribution in [-0.2, 0) is 16.3 Å². The first-order chi connectivity index (χ1) is 4.00. The molecule has 0 unspecified atom stereocenters. The first-order valence-electron chi connectivity index (χ1n) is 1.95. The minimum atomic E-state index is 1.19. The molecule has 0 radical (unpaired) electrons. The van der Waals surface area contributed by atoms with Crippen LogP contribution >= 0.6 is 13.6 Å². The van der Waals surface area contributed by atoms with Crippen LogP contribution in [0.2, 0.25) is 0 Å². The fourth-order valence-electron chi connectivity index (χ4n) is 0.246. The molecule has 3 heteroatoms. The summed E-state index contributed by atoms with van der Waals surface area (Å²) < 4.78 is 0. The van der Waals surface area contributed by atoms with Gasteiger partial charge in [0.15, 0.2) is 0 Å². The Morgan fingerprint density at radius 3 is 2.50 bits per heavy atom. The van der Waals surface area contributed by atoms with Crippen LogP contribution in [0.25, 0.3) is 0 Å². The van der Waals surface area contributed by atoms with E-state index < -0.39 is 0 Å². The Balaban J connectivity index is 0.000000222. The molecule has 1 heterocycles. The van der Waals surface area contributed by atoms with Crippen LogP contribution in [-0.4, -0.2) is 6.21 Å². The van der Waals surface area contributed by atoms with Gasteiger partial charge in [-0.15, -0.1) is 0 Å². The molecule has 0 aliphatic carbocycles. The summed E-state index contributed by atoms with van der Waals surface area (Å²) in [5.74, 6) is 0. The van der Waals surface area contributed by atoms with Crippen molar-refractivity contribution < 1.29 is 16.3 Å². The van der Waals surface area contributed by atoms with Crippen molar-refractivity contribution in [3.05, 3.63) is 24.4 Å². The molecule has 1 nitrogen and oxygen atoms in total. The number of aliphatic imine (C=N–C) groups is 1. The van der Waals surface area contributed by atoms with Gasteiger partial charge in [0, 0.05) is 6.21 Å². The normalized spacial score (nSPS) is 11.9. The fourth-order valence-corrected chi connectivity index (χ4v) is 0.246. The van der Waals surface area contributed by atoms with E-state index in [0.717, 1.165) is 0 Å². The summed E-state index contributed by atoms with van der Waals surface area (Å²) >= 11 is 4.25. The zero-order valence-corrected chi connectivity index (χ0v) is 8.82. The molecular formula is C5H3BrNZn+. The molecule has 0 amide bonds. The zero-order valence-electron chi connectivity index (χ0n) is 4.26. The van der Waals surface area contributed by atoms with Gasteiger partial charge in [0.05, 0.1) is 12.3 Å². The molecule has 8 heavy (non-hydrogen) atoms. The summed E-state index contributed by atoms with van der Waals surface area (Å²) in [5.41, 5.74) is 0. The van der Waals surface area contributed by atoms with Crippen molar-refractivity contribution in [2.24, 2.45) is 4.99 Å². The average molecular weight is 222 g/mol. The Hall–Kier alpha value is 0.163. The summed E-state index contributed by atoms with van der Waals surface area (Å²) in [6.45, 7) is 0. The van der Waals surface area contributed by atoms with Crippen LogP contribution in [0, 0.1) is 12.3 Å². The second-order valence-electron chi connectivity index (χ2n) is 0.893. The molecule has 0 atom stereocenters. The Morgan fingerprint density at radius 2 is 2.38 bits per heavy atom. The van der Waals surface area contributed by atoms with E-state index in [1.807, 2.05) is 0 Å². The van der Waals surface area contributed by atoms with Gasteiger partial charge in [-0.3, -0.25) is 0 Å². The van der Waals surface area contributed by atoms with Gasteiger partial charge in [-0.25, -0.2) is 0 Å². The molecule has 36 valence electrons. The molecule has 0 fully saturated rings. The molecule has 1 aliphatic rings. The van der Waals surface area contributed by atoms with Crippen molar-refractivity contribution in [1.29, 1.82) is 0 Å². The molecule has 0 N–H and O–H groups in total. The van der Waals surface area contributed by atoms with Gasteiger partial charge in [0.1, 0.15) is 0 Å². The van der Waals surface area contributed by atoms with Gasteiger partial charge in [0.25, 0.3) is 0 Å². The van der Waals surface area contributed by atoms with Crippen molar-refractivity contribution in [1.82, 2.24) is 0 Å². The summed E-state index contributed by atoms with van der Waals surface area (Å²) in [6, 6.07) is 0. The molecule has 0 saturated carbocycles. The third kappa shape index (κ3) is 4.33. The Bertz CT molecular complexity index is 81.8. The molecule has 1 aliphatic heterocycles. The molecule has 0 aromatic heterocycles. The average Bonchev–Trinajstić information content (AvgIpc) is 1.96. The summed E-state index contributed by atoms with van der Waals surface area (Å²) in [5, 5.41) is 0. The molecule has 0 bridgehead atoms. The molecular weight excluding hydrogens is 219 g/mol. The van der Waals surface area contributed by atoms with E-state index in [1.54, 1.807) is 18.4 Å². The van der Waals surface area contributed by atoms with Crippen LogP contribution in [0.5, 0.6) is 0 Å². The Kier molecular flexibility index (Phi) is 7.31. The van der Waals surface area contributed by atoms with Crippen molar-refractivity contribution in [3.8, 4) is 0 Å². The van der Waals surface area contributed by atoms with E-state index in [-0.39, 0.29) is 0 Å². The molecule has 0 spiro atoms. The monoisotopic (exact) mass is 220 g/mol. The number of rotatable bonds is 0. The quantitative estimate of drug-likeness (QED) is 0.436. The predicted molar refractivity (Wildman–Crippen MR) is 33.0 cm³/mol. The van der Waals surface area contributed by atoms with Gasteiger partial charge in [-0.1, -0.05) is 0 Å². The molecule has 1 rings (SSSR count). The molecule has 0 saturated heterocycles. The van der Waals surface area contributed by atoms with E-state index in [9.17, 15) is 0 Å². The van der Waals surface area contributed by atoms with Gasteiger partial charge >= 0.3 is 30.0 Å². The number of nitrogens with zero attached hydrogens (tertiary/aromatic N) is 1. The van der Waals surface area contributed by atoms with E-state index >= 15 is 0 Å². The van der Waals surface area contributed by atoms with E-state index in [4.69, 9.17) is 0 Å². The van der Waals surface area contributed by atoms with Crippen LogP contribution < -0.4 is 0 Å². The third-order valence-electron chi connectivity index (χ3n) is 0.469. The number of halogens is 1. The van der Waals surface area contributed by atoms with Crippen LogP contribution in [0.15, 0.2) is 17.1 Å². The number of hydrogen-bond donors (Lipinski definition) is 0. The number of hydrogen-bond acceptors (Lipinski definition) is 1. The van der Waals surface area contributed by atoms with Crippen LogP contribution in [0.4, 0.5) is 0 Å². The minimum absolute atomic E-state index is 1.19. The van der Waals surface area contributed by atoms with E-state index in [1.165, 1.54) is 16.3 Å². The summed E-state index contributed by atoms with van der Waals surface area (Å²) in [7, 11) is 0. The van der Waals surface area contributed by atoms with Gasteiger partial charge < -0.3 is 4.99 Å². The van der Waals surface area contributed by atoms with Gasteiger partial charge in [0.2, 0.25) is 0 Å². The second-order valence-corrected chi connectivity index (χ2v) is 0.893. The summed E-state index contributed by atoms with van der Waals surface area (Å²) in [6.07, 6.45) is 10.4. The van der Waals surface area contributed by atoms with Crippen LogP contribution in [0.3, 0.4) is 0 Å². The van der Waals surface area contributed by atoms with Crippen molar-refractivity contribution >= 4 is 19.8 Å². The predicted octanol–water partition coefficient (Wildman–Crippen LogP) is 1.59. The Morgan fingerprint density at radius 1 is 1.62 bits per heavy atom. The topological polar surface area (TPSA) is 12.4 Å². The van der Waals surface area contributed by atoms with Crippen molar-refractivity contribution in [2.75, 3.05) is 0 Å². The summed E-state index contributed by atoms with van der Waals surface area (Å²) in [4.78, 5) is 3.60. The van der Waals surface area contributed by atoms with E-state index in [0.29, 0.717) is 0 Å². The Labute approximate surface area is 65.6 Å². The van der Waals surface area contributed by atoms with Crippen molar-refractivity contribution in [3.63, 3.8) is 0 Å². The second kappa shape index (κ2) is 7.16. The molecule has 0 aromatic rings. The van der Waals surface area contributed by atoms with Gasteiger partial charge in [-0.2, -0.15) is 0 Å². The zero-order chi connectivity index (χ0) is 6.24. The number of allylic oxidation sites excluding steroid dienone is 3. The standard InChI is InChI=1S/C5H3N.BrH.Zn/c1-2-4-6-5-3-1;;/h1-2,4H;1H;/q;;+2/p-1. The van der Waals surface area contributed by atoms with E-state index in [2.05, 4.69) is 30.9 Å². The third-order valence-corrected chi connectivity index (χ3v) is 0.469. The maximum atomic E-state index is 3.60. The first-order valence-corrected chi connectivity index (χ1v) is 8.90.